The summed E-state index contributed by atoms with van der Waals surface area (Å²) in [4.78, 5) is 13.2. The molecular formula is C27H32N2O7S. The Morgan fingerprint density at radius 2 is 1.49 bits per heavy atom. The largest absolute Gasteiger partial charge is 0.497 e. The molecule has 0 heterocycles. The fourth-order valence-corrected chi connectivity index (χ4v) is 5.31. The zero-order chi connectivity index (χ0) is 27.0. The number of carbonyl (C=O) groups is 1. The van der Waals surface area contributed by atoms with Crippen LogP contribution in [0.25, 0.3) is 0 Å². The van der Waals surface area contributed by atoms with E-state index < -0.39 is 22.5 Å². The number of hydrogen-bond acceptors (Lipinski definition) is 7. The second-order valence-corrected chi connectivity index (χ2v) is 9.87. The molecule has 0 saturated heterocycles. The number of rotatable bonds is 12. The van der Waals surface area contributed by atoms with E-state index in [1.54, 1.807) is 12.1 Å². The van der Waals surface area contributed by atoms with Gasteiger partial charge >= 0.3 is 0 Å². The number of amides is 1. The lowest BCUT2D eigenvalue weighted by atomic mass is 10.0. The topological polar surface area (TPSA) is 103 Å². The summed E-state index contributed by atoms with van der Waals surface area (Å²) >= 11 is 0. The Balaban J connectivity index is 2.07. The van der Waals surface area contributed by atoms with Gasteiger partial charge in [-0.2, -0.15) is 0 Å². The summed E-state index contributed by atoms with van der Waals surface area (Å²) in [6.45, 7) is 1.45. The van der Waals surface area contributed by atoms with Gasteiger partial charge in [0.15, 0.2) is 11.5 Å². The number of hydrogen-bond donors (Lipinski definition) is 1. The highest BCUT2D eigenvalue weighted by molar-refractivity contribution is 7.92. The van der Waals surface area contributed by atoms with E-state index in [2.05, 4.69) is 5.32 Å². The van der Waals surface area contributed by atoms with Gasteiger partial charge in [0.2, 0.25) is 5.91 Å². The molecule has 37 heavy (non-hydrogen) atoms. The van der Waals surface area contributed by atoms with Gasteiger partial charge in [0.05, 0.1) is 45.1 Å². The lowest BCUT2D eigenvalue weighted by molar-refractivity contribution is -0.120. The van der Waals surface area contributed by atoms with Crippen LogP contribution in [0.5, 0.6) is 23.0 Å². The summed E-state index contributed by atoms with van der Waals surface area (Å²) in [7, 11) is 1.50. The average molecular weight is 529 g/mol. The van der Waals surface area contributed by atoms with Crippen molar-refractivity contribution < 1.29 is 32.2 Å². The Labute approximate surface area is 218 Å². The highest BCUT2D eigenvalue weighted by atomic mass is 32.2. The molecular weight excluding hydrogens is 496 g/mol. The third kappa shape index (κ3) is 6.26. The van der Waals surface area contributed by atoms with Crippen LogP contribution in [0.15, 0.2) is 71.6 Å². The number of carbonyl (C=O) groups excluding carboxylic acids is 1. The second-order valence-electron chi connectivity index (χ2n) is 8.01. The zero-order valence-electron chi connectivity index (χ0n) is 21.6. The zero-order valence-corrected chi connectivity index (χ0v) is 22.4. The molecule has 1 N–H and O–H groups in total. The van der Waals surface area contributed by atoms with Crippen LogP contribution < -0.4 is 28.6 Å². The van der Waals surface area contributed by atoms with Crippen molar-refractivity contribution in [2.45, 2.75) is 24.3 Å². The van der Waals surface area contributed by atoms with Gasteiger partial charge in [-0.15, -0.1) is 0 Å². The van der Waals surface area contributed by atoms with Gasteiger partial charge in [0.1, 0.15) is 18.0 Å². The van der Waals surface area contributed by atoms with Crippen molar-refractivity contribution in [3.63, 3.8) is 0 Å². The Bertz CT molecular complexity index is 1310. The van der Waals surface area contributed by atoms with Crippen LogP contribution in [0.2, 0.25) is 0 Å². The molecule has 9 nitrogen and oxygen atoms in total. The average Bonchev–Trinajstić information content (AvgIpc) is 2.94. The van der Waals surface area contributed by atoms with Crippen LogP contribution in [0.3, 0.4) is 0 Å². The molecule has 3 rings (SSSR count). The number of ether oxygens (including phenoxy) is 4. The van der Waals surface area contributed by atoms with Crippen LogP contribution in [0, 0.1) is 0 Å². The predicted octanol–water partition coefficient (Wildman–Crippen LogP) is 4.18. The number of sulfonamides is 1. The minimum absolute atomic E-state index is 0.0853. The Morgan fingerprint density at radius 3 is 2.08 bits per heavy atom. The predicted molar refractivity (Wildman–Crippen MR) is 141 cm³/mol. The van der Waals surface area contributed by atoms with E-state index in [1.165, 1.54) is 52.7 Å². The first-order valence-corrected chi connectivity index (χ1v) is 13.0. The van der Waals surface area contributed by atoms with Gasteiger partial charge in [-0.1, -0.05) is 37.3 Å². The lowest BCUT2D eigenvalue weighted by Crippen LogP contribution is -2.42. The maximum atomic E-state index is 14.0. The standard InChI is InChI=1S/C27H32N2O7S/c1-6-22(19-10-8-7-9-11-19)28-27(30)18-29(23-16-20(33-2)12-14-24(23)34-3)37(31,32)21-13-15-25(35-4)26(17-21)36-5/h7-17,22H,6,18H2,1-5H3,(H,28,30)/t22-/m0/s1. The molecule has 0 aliphatic rings. The molecule has 1 atom stereocenters. The van der Waals surface area contributed by atoms with Crippen molar-refractivity contribution in [2.75, 3.05) is 39.3 Å². The molecule has 0 unspecified atom stereocenters. The van der Waals surface area contributed by atoms with Crippen molar-refractivity contribution in [1.29, 1.82) is 0 Å². The minimum Gasteiger partial charge on any atom is -0.497 e. The molecule has 0 spiro atoms. The normalized spacial score (nSPS) is 11.8. The number of nitrogens with one attached hydrogen (secondary N) is 1. The summed E-state index contributed by atoms with van der Waals surface area (Å²) in [5.74, 6) is 0.788. The van der Waals surface area contributed by atoms with Crippen molar-refractivity contribution in [2.24, 2.45) is 0 Å². The summed E-state index contributed by atoms with van der Waals surface area (Å²) in [6, 6.07) is 18.2. The number of nitrogens with zero attached hydrogens (tertiary/aromatic N) is 1. The summed E-state index contributed by atoms with van der Waals surface area (Å²) < 4.78 is 50.3. The van der Waals surface area contributed by atoms with Gasteiger partial charge in [0.25, 0.3) is 10.0 Å². The minimum atomic E-state index is -4.27. The number of anilines is 1. The smallest absolute Gasteiger partial charge is 0.265 e. The third-order valence-electron chi connectivity index (χ3n) is 5.83. The van der Waals surface area contributed by atoms with E-state index in [-0.39, 0.29) is 28.1 Å². The van der Waals surface area contributed by atoms with Crippen LogP contribution in [0.4, 0.5) is 5.69 Å². The molecule has 10 heteroatoms. The molecule has 0 radical (unpaired) electrons. The molecule has 0 aliphatic carbocycles. The van der Waals surface area contributed by atoms with E-state index in [1.807, 2.05) is 37.3 Å². The van der Waals surface area contributed by atoms with Crippen LogP contribution >= 0.6 is 0 Å². The van der Waals surface area contributed by atoms with Gasteiger partial charge < -0.3 is 24.3 Å². The third-order valence-corrected chi connectivity index (χ3v) is 7.59. The molecule has 0 fully saturated rings. The van der Waals surface area contributed by atoms with E-state index in [9.17, 15) is 13.2 Å². The van der Waals surface area contributed by atoms with E-state index >= 15 is 0 Å². The van der Waals surface area contributed by atoms with Crippen LogP contribution in [0.1, 0.15) is 24.9 Å². The molecule has 3 aromatic rings. The van der Waals surface area contributed by atoms with Crippen LogP contribution in [-0.2, 0) is 14.8 Å². The van der Waals surface area contributed by atoms with Crippen LogP contribution in [-0.4, -0.2) is 49.3 Å². The Kier molecular flexibility index (Phi) is 9.24. The Hall–Kier alpha value is -3.92. The van der Waals surface area contributed by atoms with Gasteiger partial charge in [0, 0.05) is 12.1 Å². The SMILES string of the molecule is CC[C@H](NC(=O)CN(c1cc(OC)ccc1OC)S(=O)(=O)c1ccc(OC)c(OC)c1)c1ccccc1. The Morgan fingerprint density at radius 1 is 0.838 bits per heavy atom. The number of methoxy groups -OCH3 is 4. The quantitative estimate of drug-likeness (QED) is 0.376. The molecule has 3 aromatic carbocycles. The monoisotopic (exact) mass is 528 g/mol. The van der Waals surface area contributed by atoms with Crippen molar-refractivity contribution >= 4 is 21.6 Å². The van der Waals surface area contributed by atoms with E-state index in [0.717, 1.165) is 9.87 Å². The van der Waals surface area contributed by atoms with Gasteiger partial charge in [-0.05, 0) is 36.2 Å². The second kappa shape index (κ2) is 12.4. The highest BCUT2D eigenvalue weighted by Crippen LogP contribution is 2.37. The lowest BCUT2D eigenvalue weighted by Gasteiger charge is -2.27. The van der Waals surface area contributed by atoms with Gasteiger partial charge in [-0.3, -0.25) is 9.10 Å². The first kappa shape index (κ1) is 27.7. The van der Waals surface area contributed by atoms with Crippen molar-refractivity contribution in [1.82, 2.24) is 5.32 Å². The molecule has 0 aromatic heterocycles. The maximum absolute atomic E-state index is 14.0. The van der Waals surface area contributed by atoms with Crippen molar-refractivity contribution in [3.8, 4) is 23.0 Å². The summed E-state index contributed by atoms with van der Waals surface area (Å²) in [5, 5.41) is 2.95. The molecule has 0 saturated carbocycles. The number of benzene rings is 3. The van der Waals surface area contributed by atoms with E-state index in [0.29, 0.717) is 17.9 Å². The first-order valence-electron chi connectivity index (χ1n) is 11.6. The molecule has 0 aliphatic heterocycles. The molecule has 1 amide bonds. The molecule has 0 bridgehead atoms. The maximum Gasteiger partial charge on any atom is 0.265 e. The van der Waals surface area contributed by atoms with Gasteiger partial charge in [-0.25, -0.2) is 8.42 Å². The van der Waals surface area contributed by atoms with E-state index in [4.69, 9.17) is 18.9 Å². The first-order chi connectivity index (χ1) is 17.8. The van der Waals surface area contributed by atoms with Crippen molar-refractivity contribution in [3.05, 3.63) is 72.3 Å². The summed E-state index contributed by atoms with van der Waals surface area (Å²) in [6.07, 6.45) is 0.626. The molecule has 198 valence electrons. The highest BCUT2D eigenvalue weighted by Gasteiger charge is 2.31. The summed E-state index contributed by atoms with van der Waals surface area (Å²) in [5.41, 5.74) is 1.08. The fourth-order valence-electron chi connectivity index (χ4n) is 3.87. The fraction of sp³-hybridized carbons (Fsp3) is 0.296.